The van der Waals surface area contributed by atoms with Gasteiger partial charge in [0.1, 0.15) is 4.64 Å². The van der Waals surface area contributed by atoms with Crippen molar-refractivity contribution in [1.82, 2.24) is 9.55 Å². The summed E-state index contributed by atoms with van der Waals surface area (Å²) in [5.41, 5.74) is 1.80. The lowest BCUT2D eigenvalue weighted by molar-refractivity contribution is 0.225. The Morgan fingerprint density at radius 1 is 0.929 bits per heavy atom. The molecule has 0 bridgehead atoms. The SMILES string of the molecule is CC(C)CC(CCCCCCn1ccc(=S)[nH]c1=S)(c1ccccc1)C(C)C. The van der Waals surface area contributed by atoms with Gasteiger partial charge in [0.25, 0.3) is 0 Å². The van der Waals surface area contributed by atoms with Crippen LogP contribution < -0.4 is 0 Å². The third-order valence-corrected chi connectivity index (χ3v) is 6.47. The third-order valence-electron chi connectivity index (χ3n) is 5.90. The summed E-state index contributed by atoms with van der Waals surface area (Å²) in [5, 5.41) is 0. The van der Waals surface area contributed by atoms with Crippen LogP contribution in [-0.4, -0.2) is 9.55 Å². The summed E-state index contributed by atoms with van der Waals surface area (Å²) in [6.07, 6.45) is 9.48. The minimum absolute atomic E-state index is 0.284. The molecule has 2 aromatic rings. The van der Waals surface area contributed by atoms with E-state index in [1.807, 2.05) is 12.3 Å². The van der Waals surface area contributed by atoms with Crippen LogP contribution in [0.15, 0.2) is 42.6 Å². The molecule has 1 heterocycles. The number of benzene rings is 1. The average molecular weight is 417 g/mol. The van der Waals surface area contributed by atoms with Crippen molar-refractivity contribution in [3.8, 4) is 0 Å². The fourth-order valence-corrected chi connectivity index (χ4v) is 4.90. The second-order valence-electron chi connectivity index (χ2n) is 8.74. The largest absolute Gasteiger partial charge is 0.325 e. The van der Waals surface area contributed by atoms with Gasteiger partial charge >= 0.3 is 0 Å². The molecular weight excluding hydrogens is 380 g/mol. The van der Waals surface area contributed by atoms with Crippen LogP contribution in [0.1, 0.15) is 71.8 Å². The van der Waals surface area contributed by atoms with Crippen molar-refractivity contribution in [2.45, 2.75) is 78.2 Å². The van der Waals surface area contributed by atoms with Gasteiger partial charge in [-0.05, 0) is 60.4 Å². The van der Waals surface area contributed by atoms with E-state index in [4.69, 9.17) is 24.4 Å². The molecular formula is C24H36N2S2. The molecule has 28 heavy (non-hydrogen) atoms. The Balaban J connectivity index is 1.92. The Bertz CT molecular complexity index is 820. The van der Waals surface area contributed by atoms with Crippen LogP contribution in [0, 0.1) is 21.2 Å². The normalized spacial score (nSPS) is 13.8. The van der Waals surface area contributed by atoms with Gasteiger partial charge in [0.05, 0.1) is 0 Å². The molecule has 4 heteroatoms. The number of aromatic amines is 1. The van der Waals surface area contributed by atoms with Gasteiger partial charge in [-0.15, -0.1) is 0 Å². The minimum Gasteiger partial charge on any atom is -0.325 e. The first-order valence-corrected chi connectivity index (χ1v) is 11.5. The molecule has 0 saturated carbocycles. The molecule has 0 saturated heterocycles. The summed E-state index contributed by atoms with van der Waals surface area (Å²) in [5.74, 6) is 1.34. The number of rotatable bonds is 11. The number of nitrogens with zero attached hydrogens (tertiary/aromatic N) is 1. The van der Waals surface area contributed by atoms with E-state index in [9.17, 15) is 0 Å². The molecule has 0 fully saturated rings. The zero-order valence-corrected chi connectivity index (χ0v) is 19.5. The zero-order valence-electron chi connectivity index (χ0n) is 17.9. The Morgan fingerprint density at radius 2 is 1.61 bits per heavy atom. The lowest BCUT2D eigenvalue weighted by Crippen LogP contribution is -2.34. The van der Waals surface area contributed by atoms with Crippen molar-refractivity contribution >= 4 is 24.4 Å². The maximum absolute atomic E-state index is 5.35. The van der Waals surface area contributed by atoms with Crippen LogP contribution in [0.2, 0.25) is 0 Å². The predicted molar refractivity (Wildman–Crippen MR) is 126 cm³/mol. The van der Waals surface area contributed by atoms with Crippen LogP contribution in [-0.2, 0) is 12.0 Å². The quantitative estimate of drug-likeness (QED) is 0.297. The molecule has 154 valence electrons. The Morgan fingerprint density at radius 3 is 2.21 bits per heavy atom. The highest BCUT2D eigenvalue weighted by Crippen LogP contribution is 2.42. The Hall–Kier alpha value is -1.26. The fourth-order valence-electron chi connectivity index (χ4n) is 4.42. The van der Waals surface area contributed by atoms with E-state index in [2.05, 4.69) is 67.6 Å². The lowest BCUT2D eigenvalue weighted by Gasteiger charge is -2.40. The first-order valence-electron chi connectivity index (χ1n) is 10.7. The number of unbranched alkanes of at least 4 members (excludes halogenated alkanes) is 3. The molecule has 1 aromatic carbocycles. The number of hydrogen-bond acceptors (Lipinski definition) is 2. The molecule has 1 aromatic heterocycles. The van der Waals surface area contributed by atoms with Crippen molar-refractivity contribution in [2.24, 2.45) is 11.8 Å². The zero-order chi connectivity index (χ0) is 20.6. The van der Waals surface area contributed by atoms with Crippen LogP contribution >= 0.6 is 24.4 Å². The van der Waals surface area contributed by atoms with Crippen LogP contribution in [0.4, 0.5) is 0 Å². The molecule has 0 aliphatic heterocycles. The molecule has 2 rings (SSSR count). The summed E-state index contributed by atoms with van der Waals surface area (Å²) >= 11 is 10.5. The van der Waals surface area contributed by atoms with Gasteiger partial charge in [-0.1, -0.05) is 89.5 Å². The summed E-state index contributed by atoms with van der Waals surface area (Å²) in [4.78, 5) is 3.05. The summed E-state index contributed by atoms with van der Waals surface area (Å²) in [6.45, 7) is 10.5. The van der Waals surface area contributed by atoms with Gasteiger partial charge in [-0.25, -0.2) is 0 Å². The second-order valence-corrected chi connectivity index (χ2v) is 9.57. The molecule has 0 aliphatic carbocycles. The van der Waals surface area contributed by atoms with Gasteiger partial charge in [0, 0.05) is 12.7 Å². The highest BCUT2D eigenvalue weighted by Gasteiger charge is 2.35. The van der Waals surface area contributed by atoms with Crippen LogP contribution in [0.5, 0.6) is 0 Å². The number of H-pyrrole nitrogens is 1. The monoisotopic (exact) mass is 416 g/mol. The fraction of sp³-hybridized carbons (Fsp3) is 0.583. The van der Waals surface area contributed by atoms with Gasteiger partial charge in [-0.2, -0.15) is 0 Å². The number of aryl methyl sites for hydroxylation is 1. The van der Waals surface area contributed by atoms with E-state index in [1.54, 1.807) is 0 Å². The van der Waals surface area contributed by atoms with Gasteiger partial charge < -0.3 is 9.55 Å². The second kappa shape index (κ2) is 11.1. The molecule has 0 radical (unpaired) electrons. The molecule has 2 nitrogen and oxygen atoms in total. The van der Waals surface area contributed by atoms with E-state index >= 15 is 0 Å². The van der Waals surface area contributed by atoms with Crippen LogP contribution in [0.25, 0.3) is 0 Å². The lowest BCUT2D eigenvalue weighted by atomic mass is 9.64. The van der Waals surface area contributed by atoms with E-state index in [-0.39, 0.29) is 5.41 Å². The van der Waals surface area contributed by atoms with Crippen LogP contribution in [0.3, 0.4) is 0 Å². The standard InChI is InChI=1S/C24H36N2S2/c1-19(2)18-24(20(3)4,21-12-8-7-9-13-21)15-10-5-6-11-16-26-17-14-22(27)25-23(26)28/h7-9,12-14,17,19-20H,5-6,10-11,15-16,18H2,1-4H3,(H,25,27,28). The van der Waals surface area contributed by atoms with Crippen molar-refractivity contribution in [3.63, 3.8) is 0 Å². The molecule has 0 aliphatic rings. The molecule has 0 spiro atoms. The number of aromatic nitrogens is 2. The van der Waals surface area contributed by atoms with Crippen molar-refractivity contribution in [3.05, 3.63) is 57.6 Å². The number of nitrogens with one attached hydrogen (secondary N) is 1. The first-order chi connectivity index (χ1) is 13.3. The molecule has 1 N–H and O–H groups in total. The number of hydrogen-bond donors (Lipinski definition) is 1. The minimum atomic E-state index is 0.284. The summed E-state index contributed by atoms with van der Waals surface area (Å²) in [7, 11) is 0. The topological polar surface area (TPSA) is 20.7 Å². The van der Waals surface area contributed by atoms with E-state index in [0.717, 1.165) is 17.7 Å². The highest BCUT2D eigenvalue weighted by molar-refractivity contribution is 7.72. The summed E-state index contributed by atoms with van der Waals surface area (Å²) < 4.78 is 3.52. The van der Waals surface area contributed by atoms with Crippen molar-refractivity contribution < 1.29 is 0 Å². The van der Waals surface area contributed by atoms with Crippen molar-refractivity contribution in [1.29, 1.82) is 0 Å². The predicted octanol–water partition coefficient (Wildman–Crippen LogP) is 7.87. The highest BCUT2D eigenvalue weighted by atomic mass is 32.1. The van der Waals surface area contributed by atoms with Gasteiger partial charge in [0.2, 0.25) is 0 Å². The maximum Gasteiger partial charge on any atom is 0.178 e. The first kappa shape index (κ1) is 23.0. The average Bonchev–Trinajstić information content (AvgIpc) is 2.65. The van der Waals surface area contributed by atoms with Gasteiger partial charge in [0.15, 0.2) is 4.77 Å². The molecule has 1 atom stereocenters. The van der Waals surface area contributed by atoms with E-state index in [1.165, 1.54) is 37.7 Å². The summed E-state index contributed by atoms with van der Waals surface area (Å²) in [6, 6.07) is 13.1. The molecule has 0 amide bonds. The Kier molecular flexibility index (Phi) is 9.10. The third kappa shape index (κ3) is 6.38. The Labute approximate surface area is 181 Å². The maximum atomic E-state index is 5.35. The smallest absolute Gasteiger partial charge is 0.178 e. The van der Waals surface area contributed by atoms with E-state index < -0.39 is 0 Å². The van der Waals surface area contributed by atoms with Crippen molar-refractivity contribution in [2.75, 3.05) is 0 Å². The molecule has 1 unspecified atom stereocenters. The van der Waals surface area contributed by atoms with Gasteiger partial charge in [-0.3, -0.25) is 0 Å². The van der Waals surface area contributed by atoms with E-state index in [0.29, 0.717) is 16.5 Å².